The molecule has 1 fully saturated rings. The third kappa shape index (κ3) is 2.21. The summed E-state index contributed by atoms with van der Waals surface area (Å²) in [5, 5.41) is 6.69. The van der Waals surface area contributed by atoms with Gasteiger partial charge >= 0.3 is 0 Å². The van der Waals surface area contributed by atoms with Crippen LogP contribution in [-0.2, 0) is 0 Å². The minimum absolute atomic E-state index is 0.515. The van der Waals surface area contributed by atoms with Crippen molar-refractivity contribution >= 4 is 0 Å². The SMILES string of the molecule is N/N=N\NC1CCCCC1. The van der Waals surface area contributed by atoms with Crippen molar-refractivity contribution in [3.63, 3.8) is 0 Å². The Balaban J connectivity index is 2.13. The Hall–Kier alpha value is -0.800. The highest BCUT2D eigenvalue weighted by atomic mass is 15.5. The Bertz CT molecular complexity index is 106. The fraction of sp³-hybridized carbons (Fsp3) is 1.00. The van der Waals surface area contributed by atoms with Crippen molar-refractivity contribution in [3.8, 4) is 0 Å². The van der Waals surface area contributed by atoms with Crippen LogP contribution in [0.25, 0.3) is 0 Å². The molecule has 58 valence electrons. The first-order valence-corrected chi connectivity index (χ1v) is 3.79. The molecule has 0 aromatic heterocycles. The predicted octanol–water partition coefficient (Wildman–Crippen LogP) is 1.15. The summed E-state index contributed by atoms with van der Waals surface area (Å²) in [5.41, 5.74) is 2.90. The Labute approximate surface area is 60.8 Å². The molecule has 0 saturated heterocycles. The molecule has 0 unspecified atom stereocenters. The van der Waals surface area contributed by atoms with E-state index >= 15 is 0 Å². The van der Waals surface area contributed by atoms with Gasteiger partial charge in [-0.3, -0.25) is 5.43 Å². The summed E-state index contributed by atoms with van der Waals surface area (Å²) in [6.45, 7) is 0. The van der Waals surface area contributed by atoms with Crippen molar-refractivity contribution in [2.24, 2.45) is 16.3 Å². The van der Waals surface area contributed by atoms with E-state index in [1.54, 1.807) is 0 Å². The molecule has 0 heterocycles. The molecule has 0 atom stereocenters. The van der Waals surface area contributed by atoms with E-state index in [2.05, 4.69) is 15.9 Å². The second-order valence-electron chi connectivity index (χ2n) is 2.68. The first kappa shape index (κ1) is 7.31. The molecule has 0 aromatic carbocycles. The normalized spacial score (nSPS) is 21.6. The van der Waals surface area contributed by atoms with Gasteiger partial charge in [0, 0.05) is 6.04 Å². The van der Waals surface area contributed by atoms with Crippen molar-refractivity contribution in [1.29, 1.82) is 0 Å². The standard InChI is InChI=1S/C6H14N4/c7-9-10-8-6-4-2-1-3-5-6/h6H,1-5H2,(H2,7,10)(H,8,9). The average Bonchev–Trinajstić information content (AvgIpc) is 2.03. The maximum atomic E-state index is 4.84. The van der Waals surface area contributed by atoms with Gasteiger partial charge in [-0.2, -0.15) is 0 Å². The van der Waals surface area contributed by atoms with E-state index in [1.807, 2.05) is 0 Å². The summed E-state index contributed by atoms with van der Waals surface area (Å²) in [7, 11) is 0. The van der Waals surface area contributed by atoms with Crippen molar-refractivity contribution in [2.45, 2.75) is 38.1 Å². The molecule has 3 N–H and O–H groups in total. The number of hydrogen-bond acceptors (Lipinski definition) is 2. The molecule has 0 spiro atoms. The molecule has 1 aliphatic rings. The molecule has 0 bridgehead atoms. The quantitative estimate of drug-likeness (QED) is 0.345. The van der Waals surface area contributed by atoms with Crippen molar-refractivity contribution in [3.05, 3.63) is 0 Å². The lowest BCUT2D eigenvalue weighted by atomic mass is 9.96. The van der Waals surface area contributed by atoms with Crippen LogP contribution in [0, 0.1) is 0 Å². The van der Waals surface area contributed by atoms with E-state index in [4.69, 9.17) is 5.84 Å². The molecule has 0 radical (unpaired) electrons. The molecule has 10 heavy (non-hydrogen) atoms. The summed E-state index contributed by atoms with van der Waals surface area (Å²) in [6, 6.07) is 0.515. The first-order valence-electron chi connectivity index (χ1n) is 3.79. The van der Waals surface area contributed by atoms with E-state index < -0.39 is 0 Å². The minimum Gasteiger partial charge on any atom is -0.303 e. The van der Waals surface area contributed by atoms with Gasteiger partial charge < -0.3 is 5.84 Å². The molecule has 4 heteroatoms. The molecule has 0 aromatic rings. The second-order valence-corrected chi connectivity index (χ2v) is 2.68. The maximum absolute atomic E-state index is 4.84. The fourth-order valence-corrected chi connectivity index (χ4v) is 1.35. The predicted molar refractivity (Wildman–Crippen MR) is 39.1 cm³/mol. The zero-order valence-electron chi connectivity index (χ0n) is 6.08. The lowest BCUT2D eigenvalue weighted by Gasteiger charge is -2.19. The lowest BCUT2D eigenvalue weighted by Crippen LogP contribution is -2.26. The van der Waals surface area contributed by atoms with Crippen LogP contribution in [0.3, 0.4) is 0 Å². The van der Waals surface area contributed by atoms with Gasteiger partial charge in [-0.05, 0) is 12.8 Å². The Morgan fingerprint density at radius 3 is 2.50 bits per heavy atom. The van der Waals surface area contributed by atoms with E-state index in [-0.39, 0.29) is 0 Å². The van der Waals surface area contributed by atoms with Gasteiger partial charge in [-0.25, -0.2) is 0 Å². The van der Waals surface area contributed by atoms with Crippen LogP contribution in [0.1, 0.15) is 32.1 Å². The zero-order valence-corrected chi connectivity index (χ0v) is 6.08. The van der Waals surface area contributed by atoms with E-state index in [0.717, 1.165) is 0 Å². The van der Waals surface area contributed by atoms with E-state index in [1.165, 1.54) is 32.1 Å². The van der Waals surface area contributed by atoms with Crippen LogP contribution >= 0.6 is 0 Å². The molecule has 1 aliphatic carbocycles. The van der Waals surface area contributed by atoms with Gasteiger partial charge in [0.05, 0.1) is 0 Å². The second kappa shape index (κ2) is 4.09. The zero-order chi connectivity index (χ0) is 7.23. The molecule has 1 saturated carbocycles. The maximum Gasteiger partial charge on any atom is 0.0457 e. The minimum atomic E-state index is 0.515. The largest absolute Gasteiger partial charge is 0.303 e. The lowest BCUT2D eigenvalue weighted by molar-refractivity contribution is 0.372. The van der Waals surface area contributed by atoms with E-state index in [9.17, 15) is 0 Å². The van der Waals surface area contributed by atoms with Gasteiger partial charge in [0.25, 0.3) is 0 Å². The molecule has 0 aliphatic heterocycles. The summed E-state index contributed by atoms with van der Waals surface area (Å²) in [4.78, 5) is 0. The topological polar surface area (TPSA) is 62.8 Å². The van der Waals surface area contributed by atoms with Gasteiger partial charge in [0.2, 0.25) is 0 Å². The first-order chi connectivity index (χ1) is 4.93. The molecule has 4 nitrogen and oxygen atoms in total. The highest BCUT2D eigenvalue weighted by Crippen LogP contribution is 2.16. The highest BCUT2D eigenvalue weighted by Gasteiger charge is 2.11. The van der Waals surface area contributed by atoms with Crippen LogP contribution in [0.15, 0.2) is 10.4 Å². The number of hydrogen-bond donors (Lipinski definition) is 2. The van der Waals surface area contributed by atoms with Crippen LogP contribution < -0.4 is 11.3 Å². The fourth-order valence-electron chi connectivity index (χ4n) is 1.35. The third-order valence-corrected chi connectivity index (χ3v) is 1.90. The van der Waals surface area contributed by atoms with Crippen LogP contribution in [0.2, 0.25) is 0 Å². The van der Waals surface area contributed by atoms with Gasteiger partial charge in [0.1, 0.15) is 0 Å². The molecular formula is C6H14N4. The van der Waals surface area contributed by atoms with Crippen LogP contribution in [0.5, 0.6) is 0 Å². The average molecular weight is 142 g/mol. The van der Waals surface area contributed by atoms with Gasteiger partial charge in [-0.1, -0.05) is 29.7 Å². The Morgan fingerprint density at radius 1 is 1.20 bits per heavy atom. The number of nitrogens with two attached hydrogens (primary N) is 1. The summed E-state index contributed by atoms with van der Waals surface area (Å²) < 4.78 is 0. The Morgan fingerprint density at radius 2 is 1.90 bits per heavy atom. The van der Waals surface area contributed by atoms with Crippen molar-refractivity contribution < 1.29 is 0 Å². The summed E-state index contributed by atoms with van der Waals surface area (Å²) >= 11 is 0. The third-order valence-electron chi connectivity index (χ3n) is 1.90. The molecule has 0 amide bonds. The summed E-state index contributed by atoms with van der Waals surface area (Å²) in [5.74, 6) is 4.84. The van der Waals surface area contributed by atoms with Crippen molar-refractivity contribution in [1.82, 2.24) is 5.43 Å². The smallest absolute Gasteiger partial charge is 0.0457 e. The van der Waals surface area contributed by atoms with Gasteiger partial charge in [-0.15, -0.1) is 0 Å². The van der Waals surface area contributed by atoms with Crippen molar-refractivity contribution in [2.75, 3.05) is 0 Å². The van der Waals surface area contributed by atoms with Crippen LogP contribution in [0.4, 0.5) is 0 Å². The molecule has 1 rings (SSSR count). The van der Waals surface area contributed by atoms with E-state index in [0.29, 0.717) is 6.04 Å². The van der Waals surface area contributed by atoms with Crippen LogP contribution in [-0.4, -0.2) is 6.04 Å². The number of rotatable bonds is 2. The van der Waals surface area contributed by atoms with Gasteiger partial charge in [0.15, 0.2) is 0 Å². The molecular weight excluding hydrogens is 128 g/mol. The monoisotopic (exact) mass is 142 g/mol. The Kier molecular flexibility index (Phi) is 2.99. The number of nitrogens with one attached hydrogen (secondary N) is 1. The summed E-state index contributed by atoms with van der Waals surface area (Å²) in [6.07, 6.45) is 6.38. The highest BCUT2D eigenvalue weighted by molar-refractivity contribution is 4.68. The number of nitrogens with zero attached hydrogens (tertiary/aromatic N) is 2.